The van der Waals surface area contributed by atoms with Gasteiger partial charge in [-0.1, -0.05) is 35.0 Å². The van der Waals surface area contributed by atoms with Crippen LogP contribution in [0.15, 0.2) is 102 Å². The summed E-state index contributed by atoms with van der Waals surface area (Å²) < 4.78 is 43.3. The molecule has 9 heteroatoms. The first kappa shape index (κ1) is 24.8. The molecule has 0 aliphatic carbocycles. The van der Waals surface area contributed by atoms with Crippen LogP contribution < -0.4 is 4.74 Å². The molecule has 2 aromatic carbocycles. The minimum Gasteiger partial charge on any atom is -0.494 e. The number of sulfone groups is 1. The van der Waals surface area contributed by atoms with Gasteiger partial charge in [0.1, 0.15) is 11.5 Å². The van der Waals surface area contributed by atoms with Crippen molar-refractivity contribution in [2.45, 2.75) is 36.4 Å². The third-order valence-electron chi connectivity index (χ3n) is 5.16. The third kappa shape index (κ3) is 6.04. The molecule has 0 atom stereocenters. The van der Waals surface area contributed by atoms with Crippen LogP contribution in [0.1, 0.15) is 35.2 Å². The van der Waals surface area contributed by atoms with Crippen LogP contribution in [0, 0.1) is 0 Å². The van der Waals surface area contributed by atoms with Crippen LogP contribution in [0.4, 0.5) is 0 Å². The normalized spacial score (nSPS) is 11.4. The second kappa shape index (κ2) is 11.0. The molecule has 0 fully saturated rings. The number of amides is 1. The number of carbonyl (C=O) groups excluding carboxylic acids is 1. The predicted molar refractivity (Wildman–Crippen MR) is 133 cm³/mol. The van der Waals surface area contributed by atoms with Crippen LogP contribution >= 0.6 is 15.9 Å². The van der Waals surface area contributed by atoms with Gasteiger partial charge in [0.05, 0.1) is 24.3 Å². The Hall–Kier alpha value is -3.30. The molecule has 35 heavy (non-hydrogen) atoms. The summed E-state index contributed by atoms with van der Waals surface area (Å²) in [5, 5.41) is -0.293. The van der Waals surface area contributed by atoms with Crippen molar-refractivity contribution >= 4 is 31.7 Å². The first-order valence-electron chi connectivity index (χ1n) is 11.0. The van der Waals surface area contributed by atoms with E-state index < -0.39 is 15.7 Å². The zero-order valence-electron chi connectivity index (χ0n) is 19.0. The number of hydrogen-bond acceptors (Lipinski definition) is 6. The number of nitrogens with zero attached hydrogens (tertiary/aromatic N) is 1. The summed E-state index contributed by atoms with van der Waals surface area (Å²) in [6, 6.07) is 19.9. The van der Waals surface area contributed by atoms with Gasteiger partial charge in [0.15, 0.2) is 5.76 Å². The fourth-order valence-corrected chi connectivity index (χ4v) is 4.82. The first-order valence-corrected chi connectivity index (χ1v) is 13.3. The van der Waals surface area contributed by atoms with Gasteiger partial charge in [-0.15, -0.1) is 0 Å². The van der Waals surface area contributed by atoms with E-state index in [0.29, 0.717) is 12.4 Å². The lowest BCUT2D eigenvalue weighted by molar-refractivity contribution is 0.0679. The topological polar surface area (TPSA) is 90.0 Å². The summed E-state index contributed by atoms with van der Waals surface area (Å²) in [5.74, 6) is 0.823. The molecular weight excluding hydrogens is 534 g/mol. The van der Waals surface area contributed by atoms with E-state index in [9.17, 15) is 13.2 Å². The highest BCUT2D eigenvalue weighted by molar-refractivity contribution is 9.10. The monoisotopic (exact) mass is 557 g/mol. The highest BCUT2D eigenvalue weighted by atomic mass is 79.9. The van der Waals surface area contributed by atoms with Crippen molar-refractivity contribution in [1.82, 2.24) is 4.90 Å². The Morgan fingerprint density at radius 3 is 2.37 bits per heavy atom. The number of furan rings is 2. The maximum Gasteiger partial charge on any atom is 0.290 e. The van der Waals surface area contributed by atoms with Crippen molar-refractivity contribution in [3.8, 4) is 5.75 Å². The summed E-state index contributed by atoms with van der Waals surface area (Å²) in [7, 11) is -3.91. The Labute approximate surface area is 212 Å². The van der Waals surface area contributed by atoms with Gasteiger partial charge >= 0.3 is 0 Å². The number of carbonyl (C=O) groups is 1. The summed E-state index contributed by atoms with van der Waals surface area (Å²) in [5.41, 5.74) is 0.878. The highest BCUT2D eigenvalue weighted by Gasteiger charge is 2.26. The van der Waals surface area contributed by atoms with Crippen molar-refractivity contribution < 1.29 is 26.8 Å². The molecule has 0 aliphatic rings. The molecule has 7 nitrogen and oxygen atoms in total. The largest absolute Gasteiger partial charge is 0.494 e. The molecule has 1 amide bonds. The lowest BCUT2D eigenvalue weighted by atomic mass is 10.2. The number of hydrogen-bond donors (Lipinski definition) is 0. The first-order chi connectivity index (χ1) is 16.9. The fourth-order valence-electron chi connectivity index (χ4n) is 3.39. The van der Waals surface area contributed by atoms with E-state index in [1.807, 2.05) is 31.2 Å². The van der Waals surface area contributed by atoms with Gasteiger partial charge in [0, 0.05) is 11.0 Å². The van der Waals surface area contributed by atoms with E-state index in [0.717, 1.165) is 22.2 Å². The highest BCUT2D eigenvalue weighted by Crippen LogP contribution is 2.26. The molecule has 0 spiro atoms. The van der Waals surface area contributed by atoms with Gasteiger partial charge in [0.25, 0.3) is 5.91 Å². The molecule has 2 heterocycles. The van der Waals surface area contributed by atoms with E-state index in [1.165, 1.54) is 35.4 Å². The van der Waals surface area contributed by atoms with Crippen molar-refractivity contribution in [3.05, 3.63) is 101 Å². The van der Waals surface area contributed by atoms with Crippen LogP contribution in [0.25, 0.3) is 0 Å². The minimum absolute atomic E-state index is 0.0739. The Morgan fingerprint density at radius 2 is 1.71 bits per heavy atom. The zero-order valence-corrected chi connectivity index (χ0v) is 21.4. The molecular formula is C26H24BrNO6S. The van der Waals surface area contributed by atoms with E-state index in [2.05, 4.69) is 15.9 Å². The Bertz CT molecular complexity index is 1360. The Kier molecular flexibility index (Phi) is 7.77. The lowest BCUT2D eigenvalue weighted by Gasteiger charge is -2.21. The summed E-state index contributed by atoms with van der Waals surface area (Å²) in [4.78, 5) is 15.0. The fraction of sp³-hybridized carbons (Fsp3) is 0.192. The number of ether oxygens (including phenoxy) is 1. The average Bonchev–Trinajstić information content (AvgIpc) is 3.56. The van der Waals surface area contributed by atoms with Crippen LogP contribution in [0.5, 0.6) is 5.75 Å². The van der Waals surface area contributed by atoms with Gasteiger partial charge in [0.2, 0.25) is 14.9 Å². The van der Waals surface area contributed by atoms with Gasteiger partial charge in [-0.3, -0.25) is 4.79 Å². The molecule has 0 N–H and O–H groups in total. The second-order valence-corrected chi connectivity index (χ2v) is 10.6. The van der Waals surface area contributed by atoms with Gasteiger partial charge in [-0.25, -0.2) is 8.42 Å². The van der Waals surface area contributed by atoms with Crippen molar-refractivity contribution in [1.29, 1.82) is 0 Å². The van der Waals surface area contributed by atoms with Crippen molar-refractivity contribution in [2.24, 2.45) is 0 Å². The number of benzene rings is 2. The summed E-state index contributed by atoms with van der Waals surface area (Å²) in [6.07, 6.45) is 2.45. The number of rotatable bonds is 10. The smallest absolute Gasteiger partial charge is 0.290 e. The van der Waals surface area contributed by atoms with E-state index in [-0.39, 0.29) is 28.8 Å². The number of halogens is 1. The maximum atomic E-state index is 13.4. The quantitative estimate of drug-likeness (QED) is 0.234. The van der Waals surface area contributed by atoms with Gasteiger partial charge < -0.3 is 18.5 Å². The zero-order chi connectivity index (χ0) is 24.8. The van der Waals surface area contributed by atoms with Gasteiger partial charge in [-0.2, -0.15) is 0 Å². The molecule has 4 rings (SSSR count). The second-order valence-electron chi connectivity index (χ2n) is 7.81. The van der Waals surface area contributed by atoms with Gasteiger partial charge in [-0.05, 0) is 72.6 Å². The van der Waals surface area contributed by atoms with Crippen LogP contribution in [0.2, 0.25) is 0 Å². The third-order valence-corrected chi connectivity index (χ3v) is 7.34. The Morgan fingerprint density at radius 1 is 0.971 bits per heavy atom. The minimum atomic E-state index is -3.91. The molecule has 182 valence electrons. The predicted octanol–water partition coefficient (Wildman–Crippen LogP) is 6.10. The average molecular weight is 558 g/mol. The van der Waals surface area contributed by atoms with E-state index in [4.69, 9.17) is 13.6 Å². The SMILES string of the molecule is CCCOc1ccc(CN(Cc2ccco2)C(=O)c2ccc(S(=O)(=O)c3ccc(Br)cc3)o2)cc1. The van der Waals surface area contributed by atoms with E-state index >= 15 is 0 Å². The summed E-state index contributed by atoms with van der Waals surface area (Å²) >= 11 is 3.29. The standard InChI is InChI=1S/C26H24BrNO6S/c1-2-15-32-21-9-5-19(6-10-21)17-28(18-22-4-3-16-33-22)26(29)24-13-14-25(34-24)35(30,31)23-11-7-20(27)8-12-23/h3-14,16H,2,15,17-18H2,1H3. The molecule has 2 aromatic heterocycles. The van der Waals surface area contributed by atoms with Crippen molar-refractivity contribution in [3.63, 3.8) is 0 Å². The van der Waals surface area contributed by atoms with Crippen LogP contribution in [-0.4, -0.2) is 25.8 Å². The Balaban J connectivity index is 1.56. The molecule has 4 aromatic rings. The van der Waals surface area contributed by atoms with Crippen molar-refractivity contribution in [2.75, 3.05) is 6.61 Å². The molecule has 0 unspecified atom stereocenters. The summed E-state index contributed by atoms with van der Waals surface area (Å²) in [6.45, 7) is 3.13. The molecule has 0 bridgehead atoms. The molecule has 0 aliphatic heterocycles. The van der Waals surface area contributed by atoms with Crippen LogP contribution in [-0.2, 0) is 22.9 Å². The molecule has 0 radical (unpaired) electrons. The molecule has 0 saturated carbocycles. The molecule has 0 saturated heterocycles. The lowest BCUT2D eigenvalue weighted by Crippen LogP contribution is -2.29. The van der Waals surface area contributed by atoms with Crippen LogP contribution in [0.3, 0.4) is 0 Å². The van der Waals surface area contributed by atoms with E-state index in [1.54, 1.807) is 24.3 Å². The maximum absolute atomic E-state index is 13.4.